The zero-order valence-electron chi connectivity index (χ0n) is 8.79. The van der Waals surface area contributed by atoms with Crippen molar-refractivity contribution in [1.82, 2.24) is 0 Å². The number of allylic oxidation sites excluding steroid dienone is 3. The summed E-state index contributed by atoms with van der Waals surface area (Å²) < 4.78 is 22.2. The zero-order valence-corrected chi connectivity index (χ0v) is 9.61. The summed E-state index contributed by atoms with van der Waals surface area (Å²) in [6, 6.07) is 0. The average Bonchev–Trinajstić information content (AvgIpc) is 2.07. The fourth-order valence-electron chi connectivity index (χ4n) is 1.20. The first kappa shape index (κ1) is 12.4. The third-order valence-corrected chi connectivity index (χ3v) is 3.06. The van der Waals surface area contributed by atoms with Gasteiger partial charge >= 0.3 is 0 Å². The number of rotatable bonds is 1. The van der Waals surface area contributed by atoms with Crippen molar-refractivity contribution < 1.29 is 8.42 Å². The molecule has 0 heterocycles. The van der Waals surface area contributed by atoms with Gasteiger partial charge in [0, 0.05) is 6.26 Å². The van der Waals surface area contributed by atoms with Crippen LogP contribution in [0.5, 0.6) is 0 Å². The number of sulfone groups is 1. The Morgan fingerprint density at radius 3 is 2.15 bits per heavy atom. The van der Waals surface area contributed by atoms with Gasteiger partial charge in [-0.2, -0.15) is 0 Å². The molecule has 0 aromatic carbocycles. The van der Waals surface area contributed by atoms with Crippen molar-refractivity contribution in [3.63, 3.8) is 0 Å². The monoisotopic (exact) mass is 202 g/mol. The zero-order chi connectivity index (χ0) is 10.5. The van der Waals surface area contributed by atoms with Crippen LogP contribution in [0, 0.1) is 0 Å². The predicted octanol–water partition coefficient (Wildman–Crippen LogP) is 2.68. The van der Waals surface area contributed by atoms with Crippen molar-refractivity contribution in [2.75, 3.05) is 6.26 Å². The molecule has 0 aromatic heterocycles. The third-order valence-electron chi connectivity index (χ3n) is 1.78. The Balaban J connectivity index is 0.000000671. The van der Waals surface area contributed by atoms with E-state index >= 15 is 0 Å². The van der Waals surface area contributed by atoms with E-state index in [4.69, 9.17) is 0 Å². The lowest BCUT2D eigenvalue weighted by Gasteiger charge is -2.09. The summed E-state index contributed by atoms with van der Waals surface area (Å²) in [5.74, 6) is 0. The van der Waals surface area contributed by atoms with Gasteiger partial charge in [-0.05, 0) is 25.8 Å². The molecule has 1 aliphatic carbocycles. The van der Waals surface area contributed by atoms with Crippen molar-refractivity contribution in [1.29, 1.82) is 0 Å². The molecule has 76 valence electrons. The summed E-state index contributed by atoms with van der Waals surface area (Å²) in [5.41, 5.74) is 0.981. The topological polar surface area (TPSA) is 34.1 Å². The lowest BCUT2D eigenvalue weighted by atomic mass is 10.1. The van der Waals surface area contributed by atoms with Crippen LogP contribution in [0.25, 0.3) is 0 Å². The first-order valence-corrected chi connectivity index (χ1v) is 6.47. The molecular weight excluding hydrogens is 184 g/mol. The molecule has 13 heavy (non-hydrogen) atoms. The van der Waals surface area contributed by atoms with Gasteiger partial charge in [-0.15, -0.1) is 0 Å². The molecule has 0 aromatic rings. The summed E-state index contributed by atoms with van der Waals surface area (Å²) in [7, 11) is -2.98. The maximum Gasteiger partial charge on any atom is 0.175 e. The minimum Gasteiger partial charge on any atom is -0.224 e. The largest absolute Gasteiger partial charge is 0.224 e. The number of hydrogen-bond donors (Lipinski definition) is 0. The second kappa shape index (κ2) is 5.22. The van der Waals surface area contributed by atoms with E-state index < -0.39 is 9.84 Å². The van der Waals surface area contributed by atoms with Crippen LogP contribution in [0.1, 0.15) is 33.6 Å². The highest BCUT2D eigenvalue weighted by Gasteiger charge is 2.13. The van der Waals surface area contributed by atoms with E-state index in [-0.39, 0.29) is 0 Å². The Hall–Kier alpha value is -0.570. The van der Waals surface area contributed by atoms with Gasteiger partial charge in [0.2, 0.25) is 0 Å². The molecule has 0 radical (unpaired) electrons. The Bertz CT molecular complexity index is 308. The second-order valence-corrected chi connectivity index (χ2v) is 4.84. The van der Waals surface area contributed by atoms with Gasteiger partial charge in [-0.1, -0.05) is 25.5 Å². The van der Waals surface area contributed by atoms with Crippen molar-refractivity contribution >= 4 is 9.84 Å². The van der Waals surface area contributed by atoms with Crippen molar-refractivity contribution in [3.8, 4) is 0 Å². The summed E-state index contributed by atoms with van der Waals surface area (Å²) in [6.45, 7) is 5.87. The molecule has 0 amide bonds. The molecule has 3 heteroatoms. The molecular formula is C10H18O2S. The van der Waals surface area contributed by atoms with Crippen LogP contribution in [-0.2, 0) is 9.84 Å². The maximum atomic E-state index is 11.1. The summed E-state index contributed by atoms with van der Waals surface area (Å²) in [4.78, 5) is 0.503. The van der Waals surface area contributed by atoms with Crippen LogP contribution in [0.15, 0.2) is 22.6 Å². The van der Waals surface area contributed by atoms with Crippen LogP contribution in [0.4, 0.5) is 0 Å². The SMILES string of the molecule is CC.CC1=C(S(C)(=O)=O)C=CCC1. The molecule has 0 saturated heterocycles. The first-order valence-electron chi connectivity index (χ1n) is 4.58. The van der Waals surface area contributed by atoms with Crippen molar-refractivity contribution in [2.24, 2.45) is 0 Å². The third kappa shape index (κ3) is 3.77. The van der Waals surface area contributed by atoms with Crippen molar-refractivity contribution in [2.45, 2.75) is 33.6 Å². The van der Waals surface area contributed by atoms with Crippen LogP contribution < -0.4 is 0 Å². The first-order chi connectivity index (χ1) is 6.02. The molecule has 0 spiro atoms. The fourth-order valence-corrected chi connectivity index (χ4v) is 2.27. The van der Waals surface area contributed by atoms with Crippen molar-refractivity contribution in [3.05, 3.63) is 22.6 Å². The second-order valence-electron chi connectivity index (χ2n) is 2.86. The van der Waals surface area contributed by atoms with Crippen LogP contribution in [0.2, 0.25) is 0 Å². The molecule has 0 unspecified atom stereocenters. The molecule has 0 bridgehead atoms. The van der Waals surface area contributed by atoms with E-state index in [1.54, 1.807) is 6.08 Å². The Morgan fingerprint density at radius 1 is 1.31 bits per heavy atom. The Morgan fingerprint density at radius 2 is 1.85 bits per heavy atom. The normalized spacial score (nSPS) is 16.6. The predicted molar refractivity (Wildman–Crippen MR) is 57.3 cm³/mol. The van der Waals surface area contributed by atoms with Gasteiger partial charge in [-0.3, -0.25) is 0 Å². The van der Waals surface area contributed by atoms with E-state index in [0.29, 0.717) is 4.91 Å². The highest BCUT2D eigenvalue weighted by Crippen LogP contribution is 2.21. The van der Waals surface area contributed by atoms with E-state index in [1.165, 1.54) is 6.26 Å². The Labute approximate surface area is 81.3 Å². The summed E-state index contributed by atoms with van der Waals surface area (Å²) in [5, 5.41) is 0. The highest BCUT2D eigenvalue weighted by atomic mass is 32.2. The van der Waals surface area contributed by atoms with Gasteiger partial charge in [0.05, 0.1) is 4.91 Å². The van der Waals surface area contributed by atoms with Gasteiger partial charge in [0.25, 0.3) is 0 Å². The van der Waals surface area contributed by atoms with E-state index in [1.807, 2.05) is 26.8 Å². The molecule has 0 N–H and O–H groups in total. The quantitative estimate of drug-likeness (QED) is 0.655. The average molecular weight is 202 g/mol. The van der Waals surface area contributed by atoms with Gasteiger partial charge < -0.3 is 0 Å². The standard InChI is InChI=1S/C8H12O2S.C2H6/c1-7-5-3-4-6-8(7)11(2,9)10;1-2/h4,6H,3,5H2,1-2H3;1-2H3. The van der Waals surface area contributed by atoms with Crippen LogP contribution in [-0.4, -0.2) is 14.7 Å². The van der Waals surface area contributed by atoms with Gasteiger partial charge in [0.15, 0.2) is 9.84 Å². The molecule has 1 aliphatic rings. The van der Waals surface area contributed by atoms with E-state index in [9.17, 15) is 8.42 Å². The molecule has 0 fully saturated rings. The maximum absolute atomic E-state index is 11.1. The van der Waals surface area contributed by atoms with Crippen LogP contribution >= 0.6 is 0 Å². The molecule has 0 aliphatic heterocycles. The van der Waals surface area contributed by atoms with Crippen LogP contribution in [0.3, 0.4) is 0 Å². The summed E-state index contributed by atoms with van der Waals surface area (Å²) >= 11 is 0. The molecule has 0 saturated carbocycles. The van der Waals surface area contributed by atoms with Gasteiger partial charge in [0.1, 0.15) is 0 Å². The molecule has 0 atom stereocenters. The molecule has 2 nitrogen and oxygen atoms in total. The van der Waals surface area contributed by atoms with E-state index in [0.717, 1.165) is 18.4 Å². The van der Waals surface area contributed by atoms with Gasteiger partial charge in [-0.25, -0.2) is 8.42 Å². The lowest BCUT2D eigenvalue weighted by Crippen LogP contribution is -2.03. The molecule has 1 rings (SSSR count). The smallest absolute Gasteiger partial charge is 0.175 e. The minimum atomic E-state index is -2.98. The fraction of sp³-hybridized carbons (Fsp3) is 0.600. The summed E-state index contributed by atoms with van der Waals surface area (Å²) in [6.07, 6.45) is 6.70. The minimum absolute atomic E-state index is 0.503. The number of hydrogen-bond acceptors (Lipinski definition) is 2. The Kier molecular flexibility index (Phi) is 4.99. The lowest BCUT2D eigenvalue weighted by molar-refractivity contribution is 0.607. The highest BCUT2D eigenvalue weighted by molar-refractivity contribution is 7.94. The van der Waals surface area contributed by atoms with E-state index in [2.05, 4.69) is 0 Å².